The van der Waals surface area contributed by atoms with Gasteiger partial charge in [0.15, 0.2) is 5.84 Å². The topological polar surface area (TPSA) is 73.2 Å². The van der Waals surface area contributed by atoms with Crippen LogP contribution < -0.4 is 0 Å². The molecule has 6 nitrogen and oxygen atoms in total. The van der Waals surface area contributed by atoms with Gasteiger partial charge >= 0.3 is 5.97 Å². The number of carbonyl (C=O) groups excluding carboxylic acids is 1. The second kappa shape index (κ2) is 10.6. The Morgan fingerprint density at radius 3 is 2.26 bits per heavy atom. The minimum Gasteiger partial charge on any atom is -0.478 e. The molecule has 1 aliphatic carbocycles. The van der Waals surface area contributed by atoms with Gasteiger partial charge in [0, 0.05) is 13.0 Å². The molecule has 1 aromatic carbocycles. The zero-order valence-corrected chi connectivity index (χ0v) is 23.5. The maximum Gasteiger partial charge on any atom is 0.335 e. The van der Waals surface area contributed by atoms with E-state index in [0.717, 1.165) is 24.8 Å². The number of piperidine rings is 1. The lowest BCUT2D eigenvalue weighted by molar-refractivity contribution is -0.134. The Morgan fingerprint density at radius 1 is 1.11 bits per heavy atom. The van der Waals surface area contributed by atoms with Crippen molar-refractivity contribution >= 4 is 17.7 Å². The summed E-state index contributed by atoms with van der Waals surface area (Å²) in [5.41, 5.74) is 0.424. The number of benzene rings is 1. The van der Waals surface area contributed by atoms with Crippen LogP contribution in [0, 0.1) is 17.3 Å². The first kappa shape index (κ1) is 28.5. The lowest BCUT2D eigenvalue weighted by Crippen LogP contribution is -2.53. The van der Waals surface area contributed by atoms with Crippen LogP contribution >= 0.6 is 0 Å². The lowest BCUT2D eigenvalue weighted by Gasteiger charge is -2.47. The molecule has 0 aromatic heterocycles. The SMILES string of the molecule is CC(C)CC[C@H](c1ccc(C(=O)O)cc1)N1C(=O)C(N2CCCC(F)(F)C2)=NC12CCC(C(C)(C)C)CC2. The third-order valence-electron chi connectivity index (χ3n) is 8.75. The van der Waals surface area contributed by atoms with E-state index < -0.39 is 24.1 Å². The number of amidine groups is 1. The van der Waals surface area contributed by atoms with E-state index in [0.29, 0.717) is 44.1 Å². The quantitative estimate of drug-likeness (QED) is 0.440. The van der Waals surface area contributed by atoms with Gasteiger partial charge in [0.05, 0.1) is 18.2 Å². The molecule has 4 rings (SSSR count). The van der Waals surface area contributed by atoms with Crippen LogP contribution in [0.5, 0.6) is 0 Å². The molecule has 1 saturated heterocycles. The minimum atomic E-state index is -2.84. The van der Waals surface area contributed by atoms with E-state index in [9.17, 15) is 23.5 Å². The maximum atomic E-state index is 14.4. The third-order valence-corrected chi connectivity index (χ3v) is 8.75. The lowest BCUT2D eigenvalue weighted by atomic mass is 9.69. The highest BCUT2D eigenvalue weighted by Crippen LogP contribution is 2.50. The van der Waals surface area contributed by atoms with Gasteiger partial charge in [-0.2, -0.15) is 0 Å². The highest BCUT2D eigenvalue weighted by Gasteiger charge is 2.54. The number of amides is 1. The number of alkyl halides is 2. The second-order valence-corrected chi connectivity index (χ2v) is 13.0. The number of halogens is 2. The van der Waals surface area contributed by atoms with Gasteiger partial charge in [-0.15, -0.1) is 0 Å². The van der Waals surface area contributed by atoms with Crippen LogP contribution in [0.25, 0.3) is 0 Å². The Kier molecular flexibility index (Phi) is 7.93. The average Bonchev–Trinajstić information content (AvgIpc) is 3.10. The standard InChI is InChI=1S/C30H43F2N3O3/c1-20(2)7-12-24(21-8-10-22(11-9-21)27(37)38)35-26(36)25(34-18-6-15-29(31,32)19-34)33-30(35)16-13-23(14-17-30)28(3,4)5/h8-11,20,23-24H,6-7,12-19H2,1-5H3,(H,37,38)/t23?,24-,30?/m1/s1. The van der Waals surface area contributed by atoms with E-state index in [2.05, 4.69) is 34.6 Å². The second-order valence-electron chi connectivity index (χ2n) is 13.0. The van der Waals surface area contributed by atoms with Crippen molar-refractivity contribution in [2.75, 3.05) is 13.1 Å². The third kappa shape index (κ3) is 5.89. The number of rotatable bonds is 6. The molecule has 1 N–H and O–H groups in total. The summed E-state index contributed by atoms with van der Waals surface area (Å²) in [6.45, 7) is 10.9. The first-order valence-electron chi connectivity index (χ1n) is 14.1. The average molecular weight is 532 g/mol. The molecule has 210 valence electrons. The first-order valence-corrected chi connectivity index (χ1v) is 14.1. The summed E-state index contributed by atoms with van der Waals surface area (Å²) in [4.78, 5) is 34.2. The van der Waals surface area contributed by atoms with Gasteiger partial charge in [-0.3, -0.25) is 4.79 Å². The number of likely N-dealkylation sites (tertiary alicyclic amines) is 1. The molecule has 3 aliphatic rings. The number of carboxylic acid groups (broad SMARTS) is 1. The fourth-order valence-corrected chi connectivity index (χ4v) is 6.46. The molecule has 0 unspecified atom stereocenters. The summed E-state index contributed by atoms with van der Waals surface area (Å²) in [7, 11) is 0. The van der Waals surface area contributed by atoms with Crippen molar-refractivity contribution < 1.29 is 23.5 Å². The van der Waals surface area contributed by atoms with Gasteiger partial charge < -0.3 is 14.9 Å². The number of nitrogens with zero attached hydrogens (tertiary/aromatic N) is 3. The first-order chi connectivity index (χ1) is 17.7. The summed E-state index contributed by atoms with van der Waals surface area (Å²) < 4.78 is 28.8. The molecular formula is C30H43F2N3O3. The number of carbonyl (C=O) groups is 2. The molecule has 2 fully saturated rings. The molecule has 0 bridgehead atoms. The Balaban J connectivity index is 1.74. The normalized spacial score (nSPS) is 26.7. The van der Waals surface area contributed by atoms with Crippen LogP contribution in [0.15, 0.2) is 29.3 Å². The van der Waals surface area contributed by atoms with Gasteiger partial charge in [0.25, 0.3) is 11.8 Å². The van der Waals surface area contributed by atoms with Crippen molar-refractivity contribution in [2.24, 2.45) is 22.2 Å². The summed E-state index contributed by atoms with van der Waals surface area (Å²) in [5, 5.41) is 9.40. The molecule has 2 aliphatic heterocycles. The van der Waals surface area contributed by atoms with Gasteiger partial charge in [0.2, 0.25) is 0 Å². The number of aliphatic imine (C=N–C) groups is 1. The van der Waals surface area contributed by atoms with Gasteiger partial charge in [-0.1, -0.05) is 46.8 Å². The van der Waals surface area contributed by atoms with E-state index in [-0.39, 0.29) is 35.2 Å². The van der Waals surface area contributed by atoms with Crippen LogP contribution in [0.2, 0.25) is 0 Å². The van der Waals surface area contributed by atoms with Crippen LogP contribution in [0.4, 0.5) is 8.78 Å². The van der Waals surface area contributed by atoms with Crippen LogP contribution in [0.1, 0.15) is 108 Å². The predicted molar refractivity (Wildman–Crippen MR) is 144 cm³/mol. The molecule has 38 heavy (non-hydrogen) atoms. The highest BCUT2D eigenvalue weighted by atomic mass is 19.3. The van der Waals surface area contributed by atoms with Crippen molar-refractivity contribution in [3.63, 3.8) is 0 Å². The van der Waals surface area contributed by atoms with Crippen molar-refractivity contribution in [3.05, 3.63) is 35.4 Å². The van der Waals surface area contributed by atoms with Crippen molar-refractivity contribution in [2.45, 2.75) is 104 Å². The smallest absolute Gasteiger partial charge is 0.335 e. The molecule has 2 heterocycles. The largest absolute Gasteiger partial charge is 0.478 e. The molecule has 0 radical (unpaired) electrons. The van der Waals surface area contributed by atoms with E-state index in [1.165, 1.54) is 4.90 Å². The number of hydrogen-bond donors (Lipinski definition) is 1. The highest BCUT2D eigenvalue weighted by molar-refractivity contribution is 6.39. The van der Waals surface area contributed by atoms with E-state index in [4.69, 9.17) is 4.99 Å². The number of carboxylic acids is 1. The van der Waals surface area contributed by atoms with E-state index >= 15 is 0 Å². The summed E-state index contributed by atoms with van der Waals surface area (Å²) >= 11 is 0. The van der Waals surface area contributed by atoms with Gasteiger partial charge in [0.1, 0.15) is 5.66 Å². The monoisotopic (exact) mass is 531 g/mol. The van der Waals surface area contributed by atoms with Crippen molar-refractivity contribution in [1.29, 1.82) is 0 Å². The Hall–Kier alpha value is -2.51. The number of hydrogen-bond acceptors (Lipinski definition) is 4. The Labute approximate surface area is 225 Å². The molecule has 1 saturated carbocycles. The van der Waals surface area contributed by atoms with Gasteiger partial charge in [-0.05, 0) is 79.9 Å². The minimum absolute atomic E-state index is 0.139. The summed E-state index contributed by atoms with van der Waals surface area (Å²) in [5.74, 6) is -3.03. The van der Waals surface area contributed by atoms with Crippen LogP contribution in [0.3, 0.4) is 0 Å². The fraction of sp³-hybridized carbons (Fsp3) is 0.700. The van der Waals surface area contributed by atoms with E-state index in [1.54, 1.807) is 24.3 Å². The zero-order valence-electron chi connectivity index (χ0n) is 23.5. The van der Waals surface area contributed by atoms with Crippen molar-refractivity contribution in [3.8, 4) is 0 Å². The summed E-state index contributed by atoms with van der Waals surface area (Å²) in [6.07, 6.45) is 4.93. The maximum absolute atomic E-state index is 14.4. The fourth-order valence-electron chi connectivity index (χ4n) is 6.46. The van der Waals surface area contributed by atoms with Crippen LogP contribution in [-0.2, 0) is 4.79 Å². The van der Waals surface area contributed by atoms with Crippen molar-refractivity contribution in [1.82, 2.24) is 9.80 Å². The Bertz CT molecular complexity index is 1050. The molecule has 8 heteroatoms. The molecular weight excluding hydrogens is 488 g/mol. The molecule has 1 aromatic rings. The predicted octanol–water partition coefficient (Wildman–Crippen LogP) is 6.77. The molecule has 1 amide bonds. The number of aromatic carboxylic acids is 1. The van der Waals surface area contributed by atoms with Crippen LogP contribution in [-0.4, -0.2) is 57.3 Å². The molecule has 1 atom stereocenters. The zero-order chi connectivity index (χ0) is 27.9. The molecule has 1 spiro atoms. The Morgan fingerprint density at radius 2 is 1.74 bits per heavy atom. The summed E-state index contributed by atoms with van der Waals surface area (Å²) in [6, 6.07) is 6.44. The van der Waals surface area contributed by atoms with Gasteiger partial charge in [-0.25, -0.2) is 18.6 Å². The van der Waals surface area contributed by atoms with E-state index in [1.807, 2.05) is 4.90 Å².